The lowest BCUT2D eigenvalue weighted by Crippen LogP contribution is -2.30. The SMILES string of the molecule is COc1cccc(C)c1NC(=O)NCCS. The molecule has 0 fully saturated rings. The Balaban J connectivity index is 2.75. The highest BCUT2D eigenvalue weighted by molar-refractivity contribution is 7.80. The number of hydrogen-bond donors (Lipinski definition) is 3. The molecule has 0 unspecified atom stereocenters. The topological polar surface area (TPSA) is 50.4 Å². The summed E-state index contributed by atoms with van der Waals surface area (Å²) < 4.78 is 5.17. The maximum absolute atomic E-state index is 11.5. The summed E-state index contributed by atoms with van der Waals surface area (Å²) >= 11 is 4.01. The first kappa shape index (κ1) is 12.7. The first-order chi connectivity index (χ1) is 7.69. The van der Waals surface area contributed by atoms with E-state index in [4.69, 9.17) is 4.74 Å². The van der Waals surface area contributed by atoms with Crippen LogP contribution in [0, 0.1) is 6.92 Å². The van der Waals surface area contributed by atoms with Gasteiger partial charge in [0.05, 0.1) is 12.8 Å². The molecule has 0 aliphatic heterocycles. The highest BCUT2D eigenvalue weighted by atomic mass is 32.1. The van der Waals surface area contributed by atoms with Gasteiger partial charge in [-0.3, -0.25) is 0 Å². The normalized spacial score (nSPS) is 9.69. The second kappa shape index (κ2) is 6.27. The Morgan fingerprint density at radius 1 is 1.50 bits per heavy atom. The van der Waals surface area contributed by atoms with E-state index < -0.39 is 0 Å². The summed E-state index contributed by atoms with van der Waals surface area (Å²) in [5.41, 5.74) is 1.65. The third kappa shape index (κ3) is 3.34. The van der Waals surface area contributed by atoms with Crippen molar-refractivity contribution in [3.63, 3.8) is 0 Å². The number of rotatable bonds is 4. The van der Waals surface area contributed by atoms with Crippen molar-refractivity contribution in [3.05, 3.63) is 23.8 Å². The molecule has 0 saturated carbocycles. The van der Waals surface area contributed by atoms with E-state index in [1.54, 1.807) is 13.2 Å². The molecule has 5 heteroatoms. The summed E-state index contributed by atoms with van der Waals surface area (Å²) in [5.74, 6) is 1.26. The minimum Gasteiger partial charge on any atom is -0.495 e. The van der Waals surface area contributed by atoms with E-state index in [9.17, 15) is 4.79 Å². The average molecular weight is 240 g/mol. The summed E-state index contributed by atoms with van der Waals surface area (Å²) in [4.78, 5) is 11.5. The summed E-state index contributed by atoms with van der Waals surface area (Å²) in [6, 6.07) is 5.35. The number of benzene rings is 1. The van der Waals surface area contributed by atoms with Crippen LogP contribution in [0.4, 0.5) is 10.5 Å². The fourth-order valence-corrected chi connectivity index (χ4v) is 1.41. The number of carbonyl (C=O) groups is 1. The smallest absolute Gasteiger partial charge is 0.319 e. The van der Waals surface area contributed by atoms with Crippen molar-refractivity contribution in [2.45, 2.75) is 6.92 Å². The zero-order valence-electron chi connectivity index (χ0n) is 9.41. The highest BCUT2D eigenvalue weighted by Crippen LogP contribution is 2.27. The Hall–Kier alpha value is -1.36. The molecule has 16 heavy (non-hydrogen) atoms. The van der Waals surface area contributed by atoms with Crippen LogP contribution >= 0.6 is 12.6 Å². The van der Waals surface area contributed by atoms with E-state index in [0.717, 1.165) is 5.56 Å². The average Bonchev–Trinajstić information content (AvgIpc) is 2.29. The minimum atomic E-state index is -0.248. The van der Waals surface area contributed by atoms with Crippen LogP contribution in [0.15, 0.2) is 18.2 Å². The second-order valence-electron chi connectivity index (χ2n) is 3.26. The Bertz CT molecular complexity index is 369. The van der Waals surface area contributed by atoms with Crippen molar-refractivity contribution in [2.75, 3.05) is 24.7 Å². The van der Waals surface area contributed by atoms with Crippen LogP contribution in [0.1, 0.15) is 5.56 Å². The van der Waals surface area contributed by atoms with Crippen molar-refractivity contribution in [3.8, 4) is 5.75 Å². The van der Waals surface area contributed by atoms with Crippen LogP contribution < -0.4 is 15.4 Å². The van der Waals surface area contributed by atoms with Gasteiger partial charge >= 0.3 is 6.03 Å². The van der Waals surface area contributed by atoms with E-state index in [-0.39, 0.29) is 6.03 Å². The molecule has 0 bridgehead atoms. The number of methoxy groups -OCH3 is 1. The van der Waals surface area contributed by atoms with Gasteiger partial charge in [0.1, 0.15) is 5.75 Å². The molecule has 0 saturated heterocycles. The van der Waals surface area contributed by atoms with Gasteiger partial charge in [0.15, 0.2) is 0 Å². The number of thiol groups is 1. The van der Waals surface area contributed by atoms with Crippen molar-refractivity contribution in [1.29, 1.82) is 0 Å². The Morgan fingerprint density at radius 2 is 2.25 bits per heavy atom. The molecule has 1 aromatic carbocycles. The Morgan fingerprint density at radius 3 is 2.88 bits per heavy atom. The van der Waals surface area contributed by atoms with Gasteiger partial charge in [0.25, 0.3) is 0 Å². The lowest BCUT2D eigenvalue weighted by Gasteiger charge is -2.13. The van der Waals surface area contributed by atoms with Crippen LogP contribution in [-0.2, 0) is 0 Å². The summed E-state index contributed by atoms with van der Waals surface area (Å²) in [5, 5.41) is 5.43. The van der Waals surface area contributed by atoms with E-state index in [1.807, 2.05) is 19.1 Å². The molecule has 0 aromatic heterocycles. The molecule has 0 heterocycles. The lowest BCUT2D eigenvalue weighted by atomic mass is 10.2. The fraction of sp³-hybridized carbons (Fsp3) is 0.364. The Labute approximate surface area is 101 Å². The van der Waals surface area contributed by atoms with E-state index >= 15 is 0 Å². The van der Waals surface area contributed by atoms with Crippen LogP contribution in [0.2, 0.25) is 0 Å². The van der Waals surface area contributed by atoms with Crippen LogP contribution in [0.3, 0.4) is 0 Å². The number of aryl methyl sites for hydroxylation is 1. The second-order valence-corrected chi connectivity index (χ2v) is 3.70. The minimum absolute atomic E-state index is 0.248. The number of para-hydroxylation sites is 1. The van der Waals surface area contributed by atoms with Gasteiger partial charge in [-0.05, 0) is 18.6 Å². The van der Waals surface area contributed by atoms with Gasteiger partial charge in [-0.25, -0.2) is 4.79 Å². The van der Waals surface area contributed by atoms with Crippen molar-refractivity contribution < 1.29 is 9.53 Å². The highest BCUT2D eigenvalue weighted by Gasteiger charge is 2.08. The predicted molar refractivity (Wildman–Crippen MR) is 68.6 cm³/mol. The van der Waals surface area contributed by atoms with E-state index in [1.165, 1.54) is 0 Å². The molecule has 0 atom stereocenters. The molecule has 0 radical (unpaired) electrons. The quantitative estimate of drug-likeness (QED) is 0.706. The van der Waals surface area contributed by atoms with Gasteiger partial charge in [-0.2, -0.15) is 12.6 Å². The van der Waals surface area contributed by atoms with E-state index in [2.05, 4.69) is 23.3 Å². The molecule has 1 rings (SSSR count). The molecule has 2 amide bonds. The Kier molecular flexibility index (Phi) is 4.98. The van der Waals surface area contributed by atoms with Crippen molar-refractivity contribution >= 4 is 24.3 Å². The number of anilines is 1. The first-order valence-electron chi connectivity index (χ1n) is 4.98. The first-order valence-corrected chi connectivity index (χ1v) is 5.61. The summed E-state index contributed by atoms with van der Waals surface area (Å²) in [7, 11) is 1.57. The maximum Gasteiger partial charge on any atom is 0.319 e. The predicted octanol–water partition coefficient (Wildman–Crippen LogP) is 2.05. The van der Waals surface area contributed by atoms with Crippen molar-refractivity contribution in [1.82, 2.24) is 5.32 Å². The number of hydrogen-bond acceptors (Lipinski definition) is 3. The van der Waals surface area contributed by atoms with Crippen LogP contribution in [0.5, 0.6) is 5.75 Å². The molecule has 88 valence electrons. The fourth-order valence-electron chi connectivity index (χ4n) is 1.30. The molecule has 0 spiro atoms. The summed E-state index contributed by atoms with van der Waals surface area (Å²) in [6.07, 6.45) is 0. The van der Waals surface area contributed by atoms with Gasteiger partial charge in [-0.1, -0.05) is 12.1 Å². The summed E-state index contributed by atoms with van der Waals surface area (Å²) in [6.45, 7) is 2.44. The number of ether oxygens (including phenoxy) is 1. The third-order valence-corrected chi connectivity index (χ3v) is 2.31. The number of urea groups is 1. The molecular weight excluding hydrogens is 224 g/mol. The van der Waals surface area contributed by atoms with Crippen LogP contribution in [0.25, 0.3) is 0 Å². The van der Waals surface area contributed by atoms with Gasteiger partial charge in [-0.15, -0.1) is 0 Å². The third-order valence-electron chi connectivity index (χ3n) is 2.09. The standard InChI is InChI=1S/C11H16N2O2S/c1-8-4-3-5-9(15-2)10(8)13-11(14)12-6-7-16/h3-5,16H,6-7H2,1-2H3,(H2,12,13,14). The number of amides is 2. The molecule has 0 aliphatic rings. The van der Waals surface area contributed by atoms with Crippen LogP contribution in [-0.4, -0.2) is 25.4 Å². The van der Waals surface area contributed by atoms with Crippen molar-refractivity contribution in [2.24, 2.45) is 0 Å². The maximum atomic E-state index is 11.5. The largest absolute Gasteiger partial charge is 0.495 e. The molecule has 2 N–H and O–H groups in total. The van der Waals surface area contributed by atoms with Gasteiger partial charge < -0.3 is 15.4 Å². The lowest BCUT2D eigenvalue weighted by molar-refractivity contribution is 0.252. The van der Waals surface area contributed by atoms with E-state index in [0.29, 0.717) is 23.7 Å². The molecule has 1 aromatic rings. The zero-order valence-corrected chi connectivity index (χ0v) is 10.3. The molecule has 0 aliphatic carbocycles. The van der Waals surface area contributed by atoms with Gasteiger partial charge in [0.2, 0.25) is 0 Å². The number of carbonyl (C=O) groups excluding carboxylic acids is 1. The molecule has 4 nitrogen and oxygen atoms in total. The number of nitrogens with one attached hydrogen (secondary N) is 2. The zero-order chi connectivity index (χ0) is 12.0. The monoisotopic (exact) mass is 240 g/mol. The molecular formula is C11H16N2O2S. The van der Waals surface area contributed by atoms with Gasteiger partial charge in [0, 0.05) is 12.3 Å².